The van der Waals surface area contributed by atoms with Crippen LogP contribution in [0.15, 0.2) is 24.3 Å². The molecule has 0 amide bonds. The van der Waals surface area contributed by atoms with Crippen molar-refractivity contribution in [1.82, 2.24) is 4.90 Å². The average Bonchev–Trinajstić information content (AvgIpc) is 2.56. The summed E-state index contributed by atoms with van der Waals surface area (Å²) < 4.78 is 0. The number of aryl methyl sites for hydroxylation is 1. The van der Waals surface area contributed by atoms with Gasteiger partial charge in [0.15, 0.2) is 0 Å². The van der Waals surface area contributed by atoms with Gasteiger partial charge in [-0.3, -0.25) is 4.90 Å². The Balaban J connectivity index is 2.01. The van der Waals surface area contributed by atoms with Gasteiger partial charge in [-0.05, 0) is 24.5 Å². The molecule has 14 heavy (non-hydrogen) atoms. The fourth-order valence-corrected chi connectivity index (χ4v) is 2.03. The van der Waals surface area contributed by atoms with E-state index in [0.29, 0.717) is 6.04 Å². The lowest BCUT2D eigenvalue weighted by Gasteiger charge is -2.16. The smallest absolute Gasteiger partial charge is 0.0237 e. The van der Waals surface area contributed by atoms with E-state index in [2.05, 4.69) is 36.1 Å². The van der Waals surface area contributed by atoms with E-state index in [4.69, 9.17) is 5.73 Å². The molecule has 2 rings (SSSR count). The summed E-state index contributed by atoms with van der Waals surface area (Å²) in [4.78, 5) is 2.44. The Morgan fingerprint density at radius 2 is 2.21 bits per heavy atom. The Bertz CT molecular complexity index is 309. The number of nitrogens with zero attached hydrogens (tertiary/aromatic N) is 1. The summed E-state index contributed by atoms with van der Waals surface area (Å²) in [7, 11) is 0. The van der Waals surface area contributed by atoms with E-state index >= 15 is 0 Å². The van der Waals surface area contributed by atoms with Crippen LogP contribution in [0, 0.1) is 6.92 Å². The number of rotatable bonds is 2. The van der Waals surface area contributed by atoms with Crippen LogP contribution in [0.3, 0.4) is 0 Å². The lowest BCUT2D eigenvalue weighted by atomic mass is 10.1. The summed E-state index contributed by atoms with van der Waals surface area (Å²) in [5.41, 5.74) is 8.69. The SMILES string of the molecule is Cc1ccccc1CN1CCC(N)C1. The molecule has 1 unspecified atom stereocenters. The van der Waals surface area contributed by atoms with Gasteiger partial charge in [0, 0.05) is 25.7 Å². The monoisotopic (exact) mass is 190 g/mol. The molecule has 0 aliphatic carbocycles. The highest BCUT2D eigenvalue weighted by Crippen LogP contribution is 2.14. The largest absolute Gasteiger partial charge is 0.326 e. The van der Waals surface area contributed by atoms with Gasteiger partial charge in [0.25, 0.3) is 0 Å². The van der Waals surface area contributed by atoms with Gasteiger partial charge in [0.1, 0.15) is 0 Å². The summed E-state index contributed by atoms with van der Waals surface area (Å²) in [5, 5.41) is 0. The average molecular weight is 190 g/mol. The van der Waals surface area contributed by atoms with Gasteiger partial charge in [-0.15, -0.1) is 0 Å². The highest BCUT2D eigenvalue weighted by molar-refractivity contribution is 5.25. The van der Waals surface area contributed by atoms with Gasteiger partial charge in [-0.25, -0.2) is 0 Å². The Hall–Kier alpha value is -0.860. The minimum Gasteiger partial charge on any atom is -0.326 e. The molecular formula is C12H18N2. The molecule has 2 heteroatoms. The molecular weight excluding hydrogens is 172 g/mol. The highest BCUT2D eigenvalue weighted by Gasteiger charge is 2.18. The first-order valence-corrected chi connectivity index (χ1v) is 5.28. The molecule has 1 saturated heterocycles. The highest BCUT2D eigenvalue weighted by atomic mass is 15.2. The van der Waals surface area contributed by atoms with Crippen molar-refractivity contribution in [2.24, 2.45) is 5.73 Å². The first-order valence-electron chi connectivity index (χ1n) is 5.28. The van der Waals surface area contributed by atoms with Crippen molar-refractivity contribution >= 4 is 0 Å². The van der Waals surface area contributed by atoms with Crippen LogP contribution < -0.4 is 5.73 Å². The molecule has 1 atom stereocenters. The number of hydrogen-bond donors (Lipinski definition) is 1. The third-order valence-electron chi connectivity index (χ3n) is 2.96. The second kappa shape index (κ2) is 4.11. The van der Waals surface area contributed by atoms with E-state index in [1.807, 2.05) is 0 Å². The van der Waals surface area contributed by atoms with Gasteiger partial charge in [-0.1, -0.05) is 24.3 Å². The molecule has 76 valence electrons. The van der Waals surface area contributed by atoms with Gasteiger partial charge in [0.05, 0.1) is 0 Å². The summed E-state index contributed by atoms with van der Waals surface area (Å²) in [6.07, 6.45) is 1.14. The summed E-state index contributed by atoms with van der Waals surface area (Å²) >= 11 is 0. The van der Waals surface area contributed by atoms with Crippen LogP contribution in [-0.2, 0) is 6.54 Å². The topological polar surface area (TPSA) is 29.3 Å². The fraction of sp³-hybridized carbons (Fsp3) is 0.500. The Labute approximate surface area is 85.7 Å². The molecule has 0 bridgehead atoms. The number of hydrogen-bond acceptors (Lipinski definition) is 2. The van der Waals surface area contributed by atoms with E-state index in [1.165, 1.54) is 11.1 Å². The van der Waals surface area contributed by atoms with Gasteiger partial charge in [-0.2, -0.15) is 0 Å². The molecule has 2 nitrogen and oxygen atoms in total. The van der Waals surface area contributed by atoms with Crippen LogP contribution in [0.1, 0.15) is 17.5 Å². The van der Waals surface area contributed by atoms with Crippen LogP contribution in [0.4, 0.5) is 0 Å². The maximum Gasteiger partial charge on any atom is 0.0237 e. The van der Waals surface area contributed by atoms with Crippen LogP contribution >= 0.6 is 0 Å². The summed E-state index contributed by atoms with van der Waals surface area (Å²) in [5.74, 6) is 0. The van der Waals surface area contributed by atoms with Crippen LogP contribution in [-0.4, -0.2) is 24.0 Å². The molecule has 0 aromatic heterocycles. The van der Waals surface area contributed by atoms with Crippen LogP contribution in [0.25, 0.3) is 0 Å². The molecule has 1 aromatic carbocycles. The number of likely N-dealkylation sites (tertiary alicyclic amines) is 1. The van der Waals surface area contributed by atoms with Crippen molar-refractivity contribution in [3.8, 4) is 0 Å². The van der Waals surface area contributed by atoms with E-state index in [-0.39, 0.29) is 0 Å². The molecule has 1 aliphatic heterocycles. The molecule has 0 radical (unpaired) electrons. The summed E-state index contributed by atoms with van der Waals surface area (Å²) in [6.45, 7) is 5.43. The Morgan fingerprint density at radius 1 is 1.43 bits per heavy atom. The predicted molar refractivity (Wildman–Crippen MR) is 59.0 cm³/mol. The Kier molecular flexibility index (Phi) is 2.85. The van der Waals surface area contributed by atoms with E-state index in [1.54, 1.807) is 0 Å². The number of nitrogens with two attached hydrogens (primary N) is 1. The van der Waals surface area contributed by atoms with Crippen molar-refractivity contribution in [3.05, 3.63) is 35.4 Å². The van der Waals surface area contributed by atoms with Crippen molar-refractivity contribution in [1.29, 1.82) is 0 Å². The minimum absolute atomic E-state index is 0.388. The standard InChI is InChI=1S/C12H18N2/c1-10-4-2-3-5-11(10)8-14-7-6-12(13)9-14/h2-5,12H,6-9,13H2,1H3. The fourth-order valence-electron chi connectivity index (χ4n) is 2.03. The second-order valence-corrected chi connectivity index (χ2v) is 4.21. The molecule has 1 aliphatic rings. The lowest BCUT2D eigenvalue weighted by Crippen LogP contribution is -2.26. The minimum atomic E-state index is 0.388. The van der Waals surface area contributed by atoms with E-state index in [0.717, 1.165) is 26.1 Å². The molecule has 0 saturated carbocycles. The zero-order chi connectivity index (χ0) is 9.97. The van der Waals surface area contributed by atoms with Crippen molar-refractivity contribution < 1.29 is 0 Å². The maximum absolute atomic E-state index is 5.88. The van der Waals surface area contributed by atoms with Gasteiger partial charge in [0.2, 0.25) is 0 Å². The second-order valence-electron chi connectivity index (χ2n) is 4.21. The zero-order valence-electron chi connectivity index (χ0n) is 8.74. The first kappa shape index (κ1) is 9.69. The Morgan fingerprint density at radius 3 is 2.86 bits per heavy atom. The van der Waals surface area contributed by atoms with E-state index in [9.17, 15) is 0 Å². The summed E-state index contributed by atoms with van der Waals surface area (Å²) in [6, 6.07) is 8.97. The van der Waals surface area contributed by atoms with Crippen LogP contribution in [0.2, 0.25) is 0 Å². The van der Waals surface area contributed by atoms with Crippen molar-refractivity contribution in [2.45, 2.75) is 25.9 Å². The predicted octanol–water partition coefficient (Wildman–Crippen LogP) is 1.53. The van der Waals surface area contributed by atoms with Crippen molar-refractivity contribution in [2.75, 3.05) is 13.1 Å². The molecule has 1 heterocycles. The first-order chi connectivity index (χ1) is 6.75. The quantitative estimate of drug-likeness (QED) is 0.766. The molecule has 0 spiro atoms. The molecule has 1 fully saturated rings. The lowest BCUT2D eigenvalue weighted by molar-refractivity contribution is 0.326. The van der Waals surface area contributed by atoms with Gasteiger partial charge >= 0.3 is 0 Å². The van der Waals surface area contributed by atoms with Crippen LogP contribution in [0.5, 0.6) is 0 Å². The number of benzene rings is 1. The van der Waals surface area contributed by atoms with E-state index < -0.39 is 0 Å². The molecule has 1 aromatic rings. The normalized spacial score (nSPS) is 22.9. The zero-order valence-corrected chi connectivity index (χ0v) is 8.74. The van der Waals surface area contributed by atoms with Gasteiger partial charge < -0.3 is 5.73 Å². The third kappa shape index (κ3) is 2.14. The third-order valence-corrected chi connectivity index (χ3v) is 2.96. The maximum atomic E-state index is 5.88. The molecule has 2 N–H and O–H groups in total. The van der Waals surface area contributed by atoms with Crippen molar-refractivity contribution in [3.63, 3.8) is 0 Å².